The lowest BCUT2D eigenvalue weighted by molar-refractivity contribution is -0.111. The zero-order valence-electron chi connectivity index (χ0n) is 22.6. The topological polar surface area (TPSA) is 106 Å². The number of carbonyl (C=O) groups is 1. The minimum atomic E-state index is -0.288. The maximum atomic E-state index is 11.9. The van der Waals surface area contributed by atoms with Gasteiger partial charge in [0.2, 0.25) is 11.9 Å². The fourth-order valence-corrected chi connectivity index (χ4v) is 4.34. The van der Waals surface area contributed by atoms with Gasteiger partial charge in [-0.15, -0.1) is 0 Å². The molecule has 3 N–H and O–H groups in total. The molecule has 0 aliphatic heterocycles. The molecular weight excluding hydrogens is 526 g/mol. The van der Waals surface area contributed by atoms with Crippen LogP contribution in [0, 0.1) is 0 Å². The van der Waals surface area contributed by atoms with E-state index in [-0.39, 0.29) is 5.91 Å². The van der Waals surface area contributed by atoms with Crippen LogP contribution in [0.25, 0.3) is 16.9 Å². The minimum Gasteiger partial charge on any atom is -0.457 e. The first-order chi connectivity index (χ1) is 20.6. The van der Waals surface area contributed by atoms with Gasteiger partial charge in [-0.05, 0) is 66.2 Å². The van der Waals surface area contributed by atoms with Crippen LogP contribution in [0.2, 0.25) is 0 Å². The number of nitrogens with zero attached hydrogens (tertiary/aromatic N) is 4. The number of carbonyl (C=O) groups excluding carboxylic acids is 1. The van der Waals surface area contributed by atoms with Crippen LogP contribution in [-0.4, -0.2) is 25.4 Å². The van der Waals surface area contributed by atoms with Gasteiger partial charge in [0.1, 0.15) is 17.8 Å². The van der Waals surface area contributed by atoms with Gasteiger partial charge in [0.05, 0.1) is 5.69 Å². The van der Waals surface area contributed by atoms with E-state index in [1.165, 1.54) is 6.08 Å². The standard InChI is InChI=1S/C33H27N7O2/c1-2-29(41)36-25-12-9-13-26(20-25)40-22-35-30-31(34-21-23-10-5-3-6-11-23)38-33(39-32(30)40)37-24-16-18-28(19-17-24)42-27-14-7-4-8-15-27/h2-20,22H,1,21H2,(H,36,41)(H2,34,37,38,39). The number of benzene rings is 4. The molecule has 0 aliphatic rings. The summed E-state index contributed by atoms with van der Waals surface area (Å²) in [5.74, 6) is 2.18. The Morgan fingerprint density at radius 1 is 0.833 bits per heavy atom. The summed E-state index contributed by atoms with van der Waals surface area (Å²) in [5.41, 5.74) is 4.53. The molecule has 6 aromatic rings. The Hall–Kier alpha value is -5.96. The molecule has 9 nitrogen and oxygen atoms in total. The van der Waals surface area contributed by atoms with Crippen LogP contribution in [0.15, 0.2) is 128 Å². The predicted octanol–water partition coefficient (Wildman–Crippen LogP) is 7.09. The van der Waals surface area contributed by atoms with Crippen molar-refractivity contribution in [2.75, 3.05) is 16.0 Å². The molecule has 0 radical (unpaired) electrons. The Bertz CT molecular complexity index is 1840. The van der Waals surface area contributed by atoms with E-state index in [4.69, 9.17) is 14.7 Å². The molecule has 1 amide bonds. The van der Waals surface area contributed by atoms with Crippen molar-refractivity contribution < 1.29 is 9.53 Å². The number of para-hydroxylation sites is 1. The third-order valence-corrected chi connectivity index (χ3v) is 6.37. The van der Waals surface area contributed by atoms with E-state index in [1.807, 2.05) is 114 Å². The predicted molar refractivity (Wildman–Crippen MR) is 165 cm³/mol. The van der Waals surface area contributed by atoms with Gasteiger partial charge >= 0.3 is 0 Å². The highest BCUT2D eigenvalue weighted by Crippen LogP contribution is 2.28. The van der Waals surface area contributed by atoms with E-state index < -0.39 is 0 Å². The molecular formula is C33H27N7O2. The number of imidazole rings is 1. The van der Waals surface area contributed by atoms with E-state index >= 15 is 0 Å². The summed E-state index contributed by atoms with van der Waals surface area (Å²) in [6.45, 7) is 4.08. The normalized spacial score (nSPS) is 10.7. The Kier molecular flexibility index (Phi) is 7.54. The molecule has 0 saturated carbocycles. The number of amides is 1. The van der Waals surface area contributed by atoms with Crippen molar-refractivity contribution in [1.29, 1.82) is 0 Å². The van der Waals surface area contributed by atoms with Crippen molar-refractivity contribution in [2.24, 2.45) is 0 Å². The Morgan fingerprint density at radius 3 is 2.33 bits per heavy atom. The van der Waals surface area contributed by atoms with Crippen LogP contribution in [0.4, 0.5) is 23.1 Å². The second-order valence-electron chi connectivity index (χ2n) is 9.33. The van der Waals surface area contributed by atoms with E-state index in [9.17, 15) is 4.79 Å². The summed E-state index contributed by atoms with van der Waals surface area (Å²) < 4.78 is 7.77. The van der Waals surface area contributed by atoms with Crippen molar-refractivity contribution in [3.05, 3.63) is 134 Å². The Morgan fingerprint density at radius 2 is 1.57 bits per heavy atom. The van der Waals surface area contributed by atoms with Gasteiger partial charge in [0, 0.05) is 17.9 Å². The quantitative estimate of drug-likeness (QED) is 0.156. The lowest BCUT2D eigenvalue weighted by Gasteiger charge is -2.12. The van der Waals surface area contributed by atoms with Crippen LogP contribution < -0.4 is 20.7 Å². The fraction of sp³-hybridized carbons (Fsp3) is 0.0303. The molecule has 9 heteroatoms. The van der Waals surface area contributed by atoms with Crippen LogP contribution in [0.5, 0.6) is 11.5 Å². The Balaban J connectivity index is 1.32. The zero-order valence-corrected chi connectivity index (χ0v) is 22.6. The van der Waals surface area contributed by atoms with Gasteiger partial charge in [0.25, 0.3) is 0 Å². The van der Waals surface area contributed by atoms with Crippen LogP contribution in [0.1, 0.15) is 5.56 Å². The van der Waals surface area contributed by atoms with E-state index in [0.717, 1.165) is 28.4 Å². The first kappa shape index (κ1) is 26.3. The second-order valence-corrected chi connectivity index (χ2v) is 9.33. The lowest BCUT2D eigenvalue weighted by Crippen LogP contribution is -2.08. The largest absolute Gasteiger partial charge is 0.457 e. The van der Waals surface area contributed by atoms with E-state index in [0.29, 0.717) is 35.2 Å². The van der Waals surface area contributed by atoms with Crippen molar-refractivity contribution >= 4 is 40.2 Å². The van der Waals surface area contributed by atoms with Crippen molar-refractivity contribution in [2.45, 2.75) is 6.54 Å². The number of anilines is 4. The minimum absolute atomic E-state index is 0.288. The van der Waals surface area contributed by atoms with Gasteiger partial charge < -0.3 is 20.7 Å². The van der Waals surface area contributed by atoms with E-state index in [2.05, 4.69) is 27.5 Å². The number of fused-ring (bicyclic) bond motifs is 1. The summed E-state index contributed by atoms with van der Waals surface area (Å²) in [6, 6.07) is 34.7. The molecule has 0 fully saturated rings. The summed E-state index contributed by atoms with van der Waals surface area (Å²) in [4.78, 5) is 26.1. The molecule has 6 rings (SSSR count). The monoisotopic (exact) mass is 553 g/mol. The van der Waals surface area contributed by atoms with Gasteiger partial charge in [-0.25, -0.2) is 4.98 Å². The second kappa shape index (κ2) is 12.1. The van der Waals surface area contributed by atoms with Gasteiger partial charge in [-0.2, -0.15) is 9.97 Å². The molecule has 0 unspecified atom stereocenters. The molecule has 206 valence electrons. The fourth-order valence-electron chi connectivity index (χ4n) is 4.34. The molecule has 0 saturated heterocycles. The SMILES string of the molecule is C=CC(=O)Nc1cccc(-n2cnc3c(NCc4ccccc4)nc(Nc4ccc(Oc5ccccc5)cc4)nc32)c1. The van der Waals surface area contributed by atoms with E-state index in [1.54, 1.807) is 6.33 Å². The smallest absolute Gasteiger partial charge is 0.247 e. The third-order valence-electron chi connectivity index (χ3n) is 6.37. The molecule has 2 heterocycles. The number of aromatic nitrogens is 4. The van der Waals surface area contributed by atoms with Crippen LogP contribution in [0.3, 0.4) is 0 Å². The summed E-state index contributed by atoms with van der Waals surface area (Å²) in [5, 5.41) is 9.53. The molecule has 0 bridgehead atoms. The third kappa shape index (κ3) is 6.10. The average Bonchev–Trinajstić information content (AvgIpc) is 3.46. The molecule has 42 heavy (non-hydrogen) atoms. The number of hydrogen-bond donors (Lipinski definition) is 3. The highest BCUT2D eigenvalue weighted by molar-refractivity contribution is 5.99. The molecule has 0 atom stereocenters. The number of hydrogen-bond acceptors (Lipinski definition) is 7. The first-order valence-corrected chi connectivity index (χ1v) is 13.3. The van der Waals surface area contributed by atoms with Crippen molar-refractivity contribution in [3.8, 4) is 17.2 Å². The molecule has 0 spiro atoms. The average molecular weight is 554 g/mol. The highest BCUT2D eigenvalue weighted by atomic mass is 16.5. The van der Waals surface area contributed by atoms with Gasteiger partial charge in [-0.3, -0.25) is 9.36 Å². The van der Waals surface area contributed by atoms with Gasteiger partial charge in [0.15, 0.2) is 17.0 Å². The molecule has 4 aromatic carbocycles. The molecule has 2 aromatic heterocycles. The lowest BCUT2D eigenvalue weighted by atomic mass is 10.2. The summed E-state index contributed by atoms with van der Waals surface area (Å²) >= 11 is 0. The van der Waals surface area contributed by atoms with Crippen LogP contribution >= 0.6 is 0 Å². The number of rotatable bonds is 10. The van der Waals surface area contributed by atoms with Crippen molar-refractivity contribution in [1.82, 2.24) is 19.5 Å². The van der Waals surface area contributed by atoms with Crippen LogP contribution in [-0.2, 0) is 11.3 Å². The Labute approximate surface area is 242 Å². The maximum absolute atomic E-state index is 11.9. The van der Waals surface area contributed by atoms with Crippen molar-refractivity contribution in [3.63, 3.8) is 0 Å². The molecule has 0 aliphatic carbocycles. The summed E-state index contributed by atoms with van der Waals surface area (Å²) in [7, 11) is 0. The number of ether oxygens (including phenoxy) is 1. The first-order valence-electron chi connectivity index (χ1n) is 13.3. The number of nitrogens with one attached hydrogen (secondary N) is 3. The summed E-state index contributed by atoms with van der Waals surface area (Å²) in [6.07, 6.45) is 2.93. The van der Waals surface area contributed by atoms with Gasteiger partial charge in [-0.1, -0.05) is 61.2 Å². The highest BCUT2D eigenvalue weighted by Gasteiger charge is 2.15. The maximum Gasteiger partial charge on any atom is 0.247 e. The zero-order chi connectivity index (χ0) is 28.7.